The topological polar surface area (TPSA) is 78.4 Å². The molecule has 0 fully saturated rings. The van der Waals surface area contributed by atoms with Gasteiger partial charge in [-0.15, -0.1) is 0 Å². The maximum Gasteiger partial charge on any atom is 0.400 e. The van der Waals surface area contributed by atoms with Crippen molar-refractivity contribution in [1.82, 2.24) is 9.65 Å². The zero-order valence-electron chi connectivity index (χ0n) is 8.16. The second-order valence-corrected chi connectivity index (χ2v) is 4.69. The molecule has 6 nitrogen and oxygen atoms in total. The van der Waals surface area contributed by atoms with Crippen molar-refractivity contribution in [2.45, 2.75) is 13.0 Å². The Kier molecular flexibility index (Phi) is 3.44. The standard InChI is InChI=1S/C7H14N3O3P/c1-7(5-8-14(11,12)13)10-4-3-9(2)6-10/h3-4,6-7H,5H2,1-2H3,(H2-,8,11,12,13)/p+1. The molecule has 80 valence electrons. The number of nitrogens with one attached hydrogen (secondary N) is 1. The normalized spacial score (nSPS) is 14.3. The van der Waals surface area contributed by atoms with E-state index in [0.29, 0.717) is 0 Å². The fourth-order valence-corrected chi connectivity index (χ4v) is 1.59. The smallest absolute Gasteiger partial charge is 0.313 e. The SMILES string of the molecule is CC(CNP(=O)(O)O)n1cc[n+](C)c1. The van der Waals surface area contributed by atoms with Crippen LogP contribution in [0.5, 0.6) is 0 Å². The zero-order valence-corrected chi connectivity index (χ0v) is 9.06. The van der Waals surface area contributed by atoms with E-state index >= 15 is 0 Å². The Morgan fingerprint density at radius 3 is 2.71 bits per heavy atom. The highest BCUT2D eigenvalue weighted by Gasteiger charge is 2.16. The number of aromatic nitrogens is 2. The van der Waals surface area contributed by atoms with E-state index in [1.807, 2.05) is 41.8 Å². The number of nitrogens with zero attached hydrogens (tertiary/aromatic N) is 2. The second-order valence-electron chi connectivity index (χ2n) is 3.28. The van der Waals surface area contributed by atoms with Crippen molar-refractivity contribution in [2.75, 3.05) is 6.54 Å². The first-order valence-corrected chi connectivity index (χ1v) is 5.83. The van der Waals surface area contributed by atoms with Crippen LogP contribution in [0, 0.1) is 0 Å². The molecule has 0 amide bonds. The number of rotatable bonds is 4. The Labute approximate surface area is 82.4 Å². The molecule has 0 saturated carbocycles. The van der Waals surface area contributed by atoms with Crippen LogP contribution in [0.2, 0.25) is 0 Å². The van der Waals surface area contributed by atoms with E-state index in [-0.39, 0.29) is 12.6 Å². The molecule has 0 aliphatic carbocycles. The Morgan fingerprint density at radius 1 is 1.64 bits per heavy atom. The summed E-state index contributed by atoms with van der Waals surface area (Å²) >= 11 is 0. The molecule has 0 radical (unpaired) electrons. The summed E-state index contributed by atoms with van der Waals surface area (Å²) in [4.78, 5) is 17.2. The predicted molar refractivity (Wildman–Crippen MR) is 50.4 cm³/mol. The van der Waals surface area contributed by atoms with Crippen molar-refractivity contribution in [1.29, 1.82) is 0 Å². The van der Waals surface area contributed by atoms with Gasteiger partial charge in [0.15, 0.2) is 0 Å². The Bertz CT molecular complexity index is 346. The highest BCUT2D eigenvalue weighted by Crippen LogP contribution is 2.28. The van der Waals surface area contributed by atoms with Crippen LogP contribution < -0.4 is 9.65 Å². The number of hydrogen-bond donors (Lipinski definition) is 3. The molecule has 1 aromatic heterocycles. The molecule has 1 heterocycles. The van der Waals surface area contributed by atoms with Gasteiger partial charge in [-0.1, -0.05) is 0 Å². The second kappa shape index (κ2) is 4.23. The van der Waals surface area contributed by atoms with Crippen LogP contribution in [-0.2, 0) is 11.6 Å². The van der Waals surface area contributed by atoms with Gasteiger partial charge in [-0.05, 0) is 6.92 Å². The van der Waals surface area contributed by atoms with Crippen molar-refractivity contribution in [3.05, 3.63) is 18.7 Å². The molecule has 0 bridgehead atoms. The van der Waals surface area contributed by atoms with Gasteiger partial charge in [0.2, 0.25) is 6.33 Å². The average molecular weight is 220 g/mol. The van der Waals surface area contributed by atoms with Crippen molar-refractivity contribution in [2.24, 2.45) is 7.05 Å². The van der Waals surface area contributed by atoms with Gasteiger partial charge in [0.1, 0.15) is 18.4 Å². The first-order chi connectivity index (χ1) is 6.38. The molecular weight excluding hydrogens is 205 g/mol. The Balaban J connectivity index is 2.51. The molecule has 1 aromatic rings. The van der Waals surface area contributed by atoms with Gasteiger partial charge < -0.3 is 9.79 Å². The van der Waals surface area contributed by atoms with Crippen LogP contribution >= 0.6 is 7.75 Å². The van der Waals surface area contributed by atoms with Gasteiger partial charge in [-0.2, -0.15) is 0 Å². The molecule has 0 saturated heterocycles. The van der Waals surface area contributed by atoms with Gasteiger partial charge in [-0.25, -0.2) is 18.8 Å². The lowest BCUT2D eigenvalue weighted by Crippen LogP contribution is -2.26. The van der Waals surface area contributed by atoms with E-state index in [9.17, 15) is 4.57 Å². The van der Waals surface area contributed by atoms with E-state index in [0.717, 1.165) is 0 Å². The van der Waals surface area contributed by atoms with Gasteiger partial charge in [0.25, 0.3) is 0 Å². The quantitative estimate of drug-likeness (QED) is 0.474. The molecule has 1 unspecified atom stereocenters. The number of imidazole rings is 1. The lowest BCUT2D eigenvalue weighted by atomic mass is 10.3. The molecule has 0 aliphatic heterocycles. The summed E-state index contributed by atoms with van der Waals surface area (Å²) in [5.41, 5.74) is 0. The Morgan fingerprint density at radius 2 is 2.29 bits per heavy atom. The highest BCUT2D eigenvalue weighted by atomic mass is 31.2. The predicted octanol–water partition coefficient (Wildman–Crippen LogP) is -0.444. The minimum atomic E-state index is -4.10. The third-order valence-corrected chi connectivity index (χ3v) is 2.49. The summed E-state index contributed by atoms with van der Waals surface area (Å²) in [5.74, 6) is 0. The fraction of sp³-hybridized carbons (Fsp3) is 0.571. The lowest BCUT2D eigenvalue weighted by molar-refractivity contribution is -0.671. The van der Waals surface area contributed by atoms with Crippen molar-refractivity contribution in [3.8, 4) is 0 Å². The van der Waals surface area contributed by atoms with Crippen molar-refractivity contribution in [3.63, 3.8) is 0 Å². The Hall–Kier alpha value is -0.680. The molecule has 0 spiro atoms. The summed E-state index contributed by atoms with van der Waals surface area (Å²) < 4.78 is 14.3. The van der Waals surface area contributed by atoms with Crippen LogP contribution in [0.4, 0.5) is 0 Å². The number of hydrogen-bond acceptors (Lipinski definition) is 1. The number of aryl methyl sites for hydroxylation is 1. The molecule has 7 heteroatoms. The van der Waals surface area contributed by atoms with Crippen molar-refractivity contribution >= 4 is 7.75 Å². The summed E-state index contributed by atoms with van der Waals surface area (Å²) in [6.07, 6.45) is 5.58. The van der Waals surface area contributed by atoms with Gasteiger partial charge in [0.05, 0.1) is 7.05 Å². The molecular formula is C7H15N3O3P+. The van der Waals surface area contributed by atoms with Gasteiger partial charge >= 0.3 is 7.75 Å². The molecule has 1 rings (SSSR count). The molecule has 0 aromatic carbocycles. The lowest BCUT2D eigenvalue weighted by Gasteiger charge is -2.10. The van der Waals surface area contributed by atoms with Crippen LogP contribution in [-0.4, -0.2) is 20.9 Å². The van der Waals surface area contributed by atoms with Crippen LogP contribution in [0.25, 0.3) is 0 Å². The third-order valence-electron chi connectivity index (χ3n) is 1.89. The summed E-state index contributed by atoms with van der Waals surface area (Å²) in [5, 5.41) is 2.17. The summed E-state index contributed by atoms with van der Waals surface area (Å²) in [6, 6.07) is 0.00354. The van der Waals surface area contributed by atoms with Gasteiger partial charge in [-0.3, -0.25) is 0 Å². The monoisotopic (exact) mass is 220 g/mol. The minimum absolute atomic E-state index is 0.00354. The van der Waals surface area contributed by atoms with Gasteiger partial charge in [0, 0.05) is 6.54 Å². The van der Waals surface area contributed by atoms with E-state index < -0.39 is 7.75 Å². The summed E-state index contributed by atoms with van der Waals surface area (Å²) in [6.45, 7) is 2.11. The maximum absolute atomic E-state index is 10.5. The molecule has 0 aliphatic rings. The van der Waals surface area contributed by atoms with Crippen LogP contribution in [0.3, 0.4) is 0 Å². The van der Waals surface area contributed by atoms with Crippen LogP contribution in [0.15, 0.2) is 18.7 Å². The van der Waals surface area contributed by atoms with E-state index in [1.54, 1.807) is 0 Å². The minimum Gasteiger partial charge on any atom is -0.313 e. The average Bonchev–Trinajstić information content (AvgIpc) is 2.46. The van der Waals surface area contributed by atoms with Crippen LogP contribution in [0.1, 0.15) is 13.0 Å². The van der Waals surface area contributed by atoms with E-state index in [4.69, 9.17) is 9.79 Å². The van der Waals surface area contributed by atoms with Crippen molar-refractivity contribution < 1.29 is 18.9 Å². The fourth-order valence-electron chi connectivity index (χ4n) is 1.09. The molecule has 1 atom stereocenters. The molecule has 3 N–H and O–H groups in total. The third kappa shape index (κ3) is 3.59. The highest BCUT2D eigenvalue weighted by molar-refractivity contribution is 7.49. The summed E-state index contributed by atoms with van der Waals surface area (Å²) in [7, 11) is -2.21. The van der Waals surface area contributed by atoms with E-state index in [1.165, 1.54) is 0 Å². The van der Waals surface area contributed by atoms with E-state index in [2.05, 4.69) is 5.09 Å². The first-order valence-electron chi connectivity index (χ1n) is 4.22. The molecule has 14 heavy (non-hydrogen) atoms. The largest absolute Gasteiger partial charge is 0.400 e. The zero-order chi connectivity index (χ0) is 10.8. The maximum atomic E-state index is 10.5. The first kappa shape index (κ1) is 11.4.